The van der Waals surface area contributed by atoms with E-state index in [9.17, 15) is 24.3 Å². The Morgan fingerprint density at radius 3 is 1.47 bits per heavy atom. The van der Waals surface area contributed by atoms with Crippen LogP contribution in [0.4, 0.5) is 0 Å². The largest absolute Gasteiger partial charge is 0.481 e. The van der Waals surface area contributed by atoms with Gasteiger partial charge in [-0.15, -0.1) is 0 Å². The Hall–Kier alpha value is -2.20. The Morgan fingerprint density at radius 2 is 1.09 bits per heavy atom. The van der Waals surface area contributed by atoms with Crippen molar-refractivity contribution in [3.63, 3.8) is 0 Å². The van der Waals surface area contributed by atoms with Crippen molar-refractivity contribution in [2.24, 2.45) is 23.7 Å². The molecule has 190 valence electrons. The van der Waals surface area contributed by atoms with Gasteiger partial charge in [0.05, 0.1) is 23.7 Å². The number of ether oxygens (including phenoxy) is 3. The predicted molar refractivity (Wildman–Crippen MR) is 119 cm³/mol. The first kappa shape index (κ1) is 24.9. The summed E-state index contributed by atoms with van der Waals surface area (Å²) in [6.07, 6.45) is 5.94. The van der Waals surface area contributed by atoms with E-state index in [1.807, 2.05) is 0 Å². The monoisotopic (exact) mass is 480 g/mol. The average molecular weight is 481 g/mol. The van der Waals surface area contributed by atoms with Crippen molar-refractivity contribution in [1.29, 1.82) is 0 Å². The topological polar surface area (TPSA) is 123 Å². The van der Waals surface area contributed by atoms with Crippen LogP contribution in [0.15, 0.2) is 0 Å². The zero-order chi connectivity index (χ0) is 24.1. The molecule has 4 fully saturated rings. The van der Waals surface area contributed by atoms with Gasteiger partial charge in [0.25, 0.3) is 0 Å². The van der Waals surface area contributed by atoms with Gasteiger partial charge in [-0.3, -0.25) is 29.0 Å². The highest BCUT2D eigenvalue weighted by Gasteiger charge is 2.47. The first-order chi connectivity index (χ1) is 16.4. The summed E-state index contributed by atoms with van der Waals surface area (Å²) >= 11 is 0. The Bertz CT molecular complexity index is 732. The lowest BCUT2D eigenvalue weighted by molar-refractivity contribution is -0.147. The molecule has 0 aliphatic heterocycles. The molecular weight excluding hydrogens is 444 g/mol. The fourth-order valence-electron chi connectivity index (χ4n) is 4.02. The minimum absolute atomic E-state index is 0.0355. The smallest absolute Gasteiger partial charge is 0.308 e. The maximum Gasteiger partial charge on any atom is 0.308 e. The van der Waals surface area contributed by atoms with Crippen LogP contribution in [0.2, 0.25) is 0 Å². The molecule has 4 aliphatic carbocycles. The van der Waals surface area contributed by atoms with E-state index in [-0.39, 0.29) is 61.5 Å². The van der Waals surface area contributed by atoms with Gasteiger partial charge in [-0.2, -0.15) is 0 Å². The van der Waals surface area contributed by atoms with E-state index in [1.165, 1.54) is 0 Å². The summed E-state index contributed by atoms with van der Waals surface area (Å²) in [5.41, 5.74) is 0. The minimum Gasteiger partial charge on any atom is -0.481 e. The molecule has 34 heavy (non-hydrogen) atoms. The van der Waals surface area contributed by atoms with Crippen LogP contribution in [0, 0.1) is 23.7 Å². The van der Waals surface area contributed by atoms with E-state index >= 15 is 0 Å². The van der Waals surface area contributed by atoms with Gasteiger partial charge in [-0.1, -0.05) is 0 Å². The van der Waals surface area contributed by atoms with Crippen molar-refractivity contribution in [3.8, 4) is 0 Å². The van der Waals surface area contributed by atoms with Crippen molar-refractivity contribution in [3.05, 3.63) is 0 Å². The molecule has 4 saturated carbocycles. The summed E-state index contributed by atoms with van der Waals surface area (Å²) in [4.78, 5) is 51.1. The summed E-state index contributed by atoms with van der Waals surface area (Å²) < 4.78 is 16.1. The van der Waals surface area contributed by atoms with Gasteiger partial charge >= 0.3 is 23.9 Å². The Labute approximate surface area is 199 Å². The number of hydrogen-bond acceptors (Lipinski definition) is 9. The zero-order valence-corrected chi connectivity index (χ0v) is 19.7. The Kier molecular flexibility index (Phi) is 8.41. The highest BCUT2D eigenvalue weighted by Crippen LogP contribution is 2.36. The highest BCUT2D eigenvalue weighted by atomic mass is 16.5. The zero-order valence-electron chi connectivity index (χ0n) is 19.7. The lowest BCUT2D eigenvalue weighted by Gasteiger charge is -2.27. The molecule has 2 unspecified atom stereocenters. The number of aliphatic carboxylic acids is 1. The molecule has 0 bridgehead atoms. The quantitative estimate of drug-likeness (QED) is 0.237. The second-order valence-corrected chi connectivity index (χ2v) is 9.95. The van der Waals surface area contributed by atoms with E-state index in [1.54, 1.807) is 0 Å². The number of carboxylic acid groups (broad SMARTS) is 1. The number of carboxylic acids is 1. The molecule has 0 aromatic rings. The van der Waals surface area contributed by atoms with Gasteiger partial charge in [-0.25, -0.2) is 0 Å². The van der Waals surface area contributed by atoms with E-state index in [0.717, 1.165) is 38.5 Å². The minimum atomic E-state index is -0.805. The lowest BCUT2D eigenvalue weighted by Crippen LogP contribution is -2.41. The van der Waals surface area contributed by atoms with Gasteiger partial charge < -0.3 is 19.3 Å². The van der Waals surface area contributed by atoms with Crippen LogP contribution in [0.25, 0.3) is 0 Å². The van der Waals surface area contributed by atoms with Crippen LogP contribution in [0.5, 0.6) is 0 Å². The van der Waals surface area contributed by atoms with Gasteiger partial charge in [0.1, 0.15) is 19.8 Å². The van der Waals surface area contributed by atoms with Crippen LogP contribution in [0.3, 0.4) is 0 Å². The van der Waals surface area contributed by atoms with Gasteiger partial charge in [0.2, 0.25) is 0 Å². The molecule has 4 rings (SSSR count). The van der Waals surface area contributed by atoms with Crippen LogP contribution in [-0.4, -0.2) is 97.4 Å². The second-order valence-electron chi connectivity index (χ2n) is 9.95. The van der Waals surface area contributed by atoms with Gasteiger partial charge in [0, 0.05) is 38.8 Å². The SMILES string of the molecule is O=C(OCCN(CCOC(=O)C1CC1)CCN(CCOC(=O)C1CC1)C1CC1C(=O)O)C1CC1. The normalized spacial score (nSPS) is 23.6. The Balaban J connectivity index is 1.24. The first-order valence-electron chi connectivity index (χ1n) is 12.6. The standard InChI is InChI=1S/C24H36N2O8/c27-21(28)19-15-20(19)26(11-14-34-24(31)18-5-6-18)8-7-25(9-12-32-22(29)16-1-2-16)10-13-33-23(30)17-3-4-17/h16-20H,1-15H2,(H,27,28). The molecule has 2 atom stereocenters. The molecule has 0 amide bonds. The molecular formula is C24H36N2O8. The number of rotatable bonds is 17. The van der Waals surface area contributed by atoms with Crippen molar-refractivity contribution in [2.45, 2.75) is 51.0 Å². The summed E-state index contributed by atoms with van der Waals surface area (Å²) in [6.45, 7) is 3.47. The fraction of sp³-hybridized carbons (Fsp3) is 0.833. The summed E-state index contributed by atoms with van der Waals surface area (Å²) in [6, 6.07) is -0.0700. The molecule has 10 heteroatoms. The van der Waals surface area contributed by atoms with Crippen molar-refractivity contribution in [1.82, 2.24) is 9.80 Å². The molecule has 0 aromatic heterocycles. The maximum atomic E-state index is 11.8. The average Bonchev–Trinajstić information content (AvgIpc) is 3.67. The van der Waals surface area contributed by atoms with Gasteiger partial charge in [-0.05, 0) is 44.9 Å². The molecule has 0 spiro atoms. The summed E-state index contributed by atoms with van der Waals surface area (Å²) in [7, 11) is 0. The van der Waals surface area contributed by atoms with E-state index in [4.69, 9.17) is 14.2 Å². The molecule has 10 nitrogen and oxygen atoms in total. The number of esters is 3. The molecule has 0 heterocycles. The van der Waals surface area contributed by atoms with Crippen LogP contribution < -0.4 is 0 Å². The van der Waals surface area contributed by atoms with Crippen LogP contribution >= 0.6 is 0 Å². The number of carbonyl (C=O) groups is 4. The number of nitrogens with zero attached hydrogens (tertiary/aromatic N) is 2. The van der Waals surface area contributed by atoms with E-state index in [2.05, 4.69) is 9.80 Å². The highest BCUT2D eigenvalue weighted by molar-refractivity contribution is 5.76. The second kappa shape index (κ2) is 11.5. The third-order valence-electron chi connectivity index (χ3n) is 6.90. The third kappa shape index (κ3) is 7.94. The summed E-state index contributed by atoms with van der Waals surface area (Å²) in [5.74, 6) is -1.54. The molecule has 0 aromatic carbocycles. The van der Waals surface area contributed by atoms with Crippen molar-refractivity contribution < 1.29 is 38.5 Å². The van der Waals surface area contributed by atoms with Gasteiger partial charge in [0.15, 0.2) is 0 Å². The number of carbonyl (C=O) groups excluding carboxylic acids is 3. The van der Waals surface area contributed by atoms with E-state index < -0.39 is 11.9 Å². The predicted octanol–water partition coefficient (Wildman–Crippen LogP) is 0.923. The molecule has 0 saturated heterocycles. The first-order valence-corrected chi connectivity index (χ1v) is 12.6. The molecule has 1 N–H and O–H groups in total. The lowest BCUT2D eigenvalue weighted by atomic mass is 10.3. The summed E-state index contributed by atoms with van der Waals surface area (Å²) in [5, 5.41) is 9.36. The fourth-order valence-corrected chi connectivity index (χ4v) is 4.02. The van der Waals surface area contributed by atoms with Crippen LogP contribution in [-0.2, 0) is 33.4 Å². The van der Waals surface area contributed by atoms with E-state index in [0.29, 0.717) is 39.1 Å². The molecule has 0 radical (unpaired) electrons. The Morgan fingerprint density at radius 1 is 0.647 bits per heavy atom. The van der Waals surface area contributed by atoms with Crippen molar-refractivity contribution in [2.75, 3.05) is 52.5 Å². The molecule has 4 aliphatic rings. The van der Waals surface area contributed by atoms with Crippen LogP contribution in [0.1, 0.15) is 44.9 Å². The third-order valence-corrected chi connectivity index (χ3v) is 6.90. The number of hydrogen-bond donors (Lipinski definition) is 1. The van der Waals surface area contributed by atoms with Crippen molar-refractivity contribution >= 4 is 23.9 Å². The maximum absolute atomic E-state index is 11.8.